The molecule has 1 heterocycles. The van der Waals surface area contributed by atoms with Gasteiger partial charge in [-0.1, -0.05) is 25.0 Å². The fourth-order valence-electron chi connectivity index (χ4n) is 4.41. The largest absolute Gasteiger partial charge is 0.455 e. The number of hydrazone groups is 1. The Labute approximate surface area is 185 Å². The highest BCUT2D eigenvalue weighted by Gasteiger charge is 2.29. The van der Waals surface area contributed by atoms with Crippen LogP contribution >= 0.6 is 0 Å². The number of rotatable bonds is 6. The van der Waals surface area contributed by atoms with Gasteiger partial charge in [-0.15, -0.1) is 0 Å². The fraction of sp³-hybridized carbons (Fsp3) is 0.435. The summed E-state index contributed by atoms with van der Waals surface area (Å²) in [6.45, 7) is 1.85. The number of non-ortho nitro benzene ring substituents is 1. The minimum absolute atomic E-state index is 0.0210. The number of fused-ring (bicyclic) bond motifs is 1. The number of carbonyl (C=O) groups excluding carboxylic acids is 2. The van der Waals surface area contributed by atoms with Crippen LogP contribution in [0, 0.1) is 17.0 Å². The molecule has 2 aliphatic rings. The van der Waals surface area contributed by atoms with E-state index in [0.717, 1.165) is 55.4 Å². The lowest BCUT2D eigenvalue weighted by molar-refractivity contribution is -0.384. The quantitative estimate of drug-likeness (QED) is 0.527. The Kier molecular flexibility index (Phi) is 6.34. The Morgan fingerprint density at radius 3 is 2.56 bits per heavy atom. The summed E-state index contributed by atoms with van der Waals surface area (Å²) in [6, 6.07) is 6.05. The summed E-state index contributed by atoms with van der Waals surface area (Å²) in [6.07, 6.45) is 6.54. The summed E-state index contributed by atoms with van der Waals surface area (Å²) in [5, 5.41) is 18.1. The highest BCUT2D eigenvalue weighted by atomic mass is 16.6. The maximum Gasteiger partial charge on any atom is 0.287 e. The van der Waals surface area contributed by atoms with Gasteiger partial charge < -0.3 is 9.73 Å². The molecule has 0 spiro atoms. The van der Waals surface area contributed by atoms with E-state index in [2.05, 4.69) is 15.8 Å². The van der Waals surface area contributed by atoms with Crippen LogP contribution in [0.3, 0.4) is 0 Å². The van der Waals surface area contributed by atoms with Gasteiger partial charge in [0.15, 0.2) is 5.76 Å². The number of benzene rings is 1. The highest BCUT2D eigenvalue weighted by molar-refractivity contribution is 6.06. The molecule has 2 N–H and O–H groups in total. The van der Waals surface area contributed by atoms with Gasteiger partial charge in [-0.25, -0.2) is 5.43 Å². The zero-order valence-electron chi connectivity index (χ0n) is 18.0. The van der Waals surface area contributed by atoms with E-state index in [-0.39, 0.29) is 30.0 Å². The number of carbonyl (C=O) groups is 2. The normalized spacial score (nSPS) is 17.2. The zero-order valence-corrected chi connectivity index (χ0v) is 18.0. The monoisotopic (exact) mass is 438 g/mol. The molecule has 1 saturated carbocycles. The first-order valence-electron chi connectivity index (χ1n) is 10.9. The van der Waals surface area contributed by atoms with Crippen molar-refractivity contribution in [1.29, 1.82) is 0 Å². The van der Waals surface area contributed by atoms with Gasteiger partial charge in [0.05, 0.1) is 17.1 Å². The van der Waals surface area contributed by atoms with Crippen LogP contribution in [0.25, 0.3) is 0 Å². The summed E-state index contributed by atoms with van der Waals surface area (Å²) in [5.74, 6) is 0.548. The van der Waals surface area contributed by atoms with Crippen molar-refractivity contribution in [2.24, 2.45) is 5.10 Å². The second kappa shape index (κ2) is 9.33. The molecule has 1 aromatic carbocycles. The smallest absolute Gasteiger partial charge is 0.287 e. The molecular weight excluding hydrogens is 412 g/mol. The van der Waals surface area contributed by atoms with Crippen LogP contribution in [0.2, 0.25) is 0 Å². The second-order valence-electron chi connectivity index (χ2n) is 8.36. The minimum Gasteiger partial charge on any atom is -0.455 e. The van der Waals surface area contributed by atoms with Gasteiger partial charge >= 0.3 is 0 Å². The fourth-order valence-corrected chi connectivity index (χ4v) is 4.41. The number of nitro benzene ring substituents is 1. The van der Waals surface area contributed by atoms with Crippen molar-refractivity contribution in [1.82, 2.24) is 10.7 Å². The highest BCUT2D eigenvalue weighted by Crippen LogP contribution is 2.30. The number of hydrogen-bond acceptors (Lipinski definition) is 6. The lowest BCUT2D eigenvalue weighted by Crippen LogP contribution is -2.32. The molecule has 1 aromatic heterocycles. The van der Waals surface area contributed by atoms with Crippen molar-refractivity contribution >= 4 is 23.2 Å². The van der Waals surface area contributed by atoms with Gasteiger partial charge in [-0.05, 0) is 38.2 Å². The molecule has 4 rings (SSSR count). The molecule has 0 radical (unpaired) electrons. The Morgan fingerprint density at radius 2 is 1.88 bits per heavy atom. The van der Waals surface area contributed by atoms with Crippen LogP contribution in [0.4, 0.5) is 5.69 Å². The summed E-state index contributed by atoms with van der Waals surface area (Å²) in [5.41, 5.74) is 5.47. The van der Waals surface area contributed by atoms with Gasteiger partial charge in [0.2, 0.25) is 5.91 Å². The van der Waals surface area contributed by atoms with Gasteiger partial charge in [0, 0.05) is 35.7 Å². The van der Waals surface area contributed by atoms with E-state index in [4.69, 9.17) is 4.42 Å². The maximum absolute atomic E-state index is 12.7. The number of nitrogens with one attached hydrogen (secondary N) is 2. The summed E-state index contributed by atoms with van der Waals surface area (Å²) in [4.78, 5) is 35.3. The Morgan fingerprint density at radius 1 is 1.16 bits per heavy atom. The van der Waals surface area contributed by atoms with E-state index in [0.29, 0.717) is 23.5 Å². The van der Waals surface area contributed by atoms with Crippen LogP contribution in [0.5, 0.6) is 0 Å². The van der Waals surface area contributed by atoms with E-state index in [1.807, 2.05) is 6.92 Å². The first-order valence-corrected chi connectivity index (χ1v) is 10.9. The topological polar surface area (TPSA) is 127 Å². The first-order chi connectivity index (χ1) is 15.4. The van der Waals surface area contributed by atoms with Crippen LogP contribution in [0.15, 0.2) is 33.8 Å². The molecule has 0 atom stereocenters. The van der Waals surface area contributed by atoms with E-state index >= 15 is 0 Å². The number of hydrogen-bond donors (Lipinski definition) is 2. The summed E-state index contributed by atoms with van der Waals surface area (Å²) < 4.78 is 5.91. The number of amides is 2. The SMILES string of the molecule is Cc1c(C(=O)NC2CCCC2)oc2c1/C(=N/NC(=O)Cc1ccc([N+](=O)[O-])cc1)CCC2. The third-order valence-electron chi connectivity index (χ3n) is 6.05. The maximum atomic E-state index is 12.7. The molecule has 32 heavy (non-hydrogen) atoms. The van der Waals surface area contributed by atoms with Gasteiger partial charge in [-0.2, -0.15) is 5.10 Å². The van der Waals surface area contributed by atoms with Gasteiger partial charge in [-0.3, -0.25) is 19.7 Å². The minimum atomic E-state index is -0.480. The molecule has 2 aromatic rings. The van der Waals surface area contributed by atoms with Crippen molar-refractivity contribution < 1.29 is 18.9 Å². The number of aryl methyl sites for hydroxylation is 1. The van der Waals surface area contributed by atoms with E-state index in [1.54, 1.807) is 12.1 Å². The molecule has 0 aliphatic heterocycles. The van der Waals surface area contributed by atoms with Crippen LogP contribution < -0.4 is 10.7 Å². The van der Waals surface area contributed by atoms with Crippen molar-refractivity contribution in [3.8, 4) is 0 Å². The Bertz CT molecular complexity index is 1060. The second-order valence-corrected chi connectivity index (χ2v) is 8.36. The number of furan rings is 1. The number of nitrogens with zero attached hydrogens (tertiary/aromatic N) is 2. The average Bonchev–Trinajstić information content (AvgIpc) is 3.40. The zero-order chi connectivity index (χ0) is 22.7. The molecule has 9 heteroatoms. The van der Waals surface area contributed by atoms with Crippen molar-refractivity contribution in [2.75, 3.05) is 0 Å². The average molecular weight is 438 g/mol. The summed E-state index contributed by atoms with van der Waals surface area (Å²) in [7, 11) is 0. The predicted octanol–water partition coefficient (Wildman–Crippen LogP) is 3.57. The third kappa shape index (κ3) is 4.71. The lowest BCUT2D eigenvalue weighted by Gasteiger charge is -2.13. The third-order valence-corrected chi connectivity index (χ3v) is 6.05. The Balaban J connectivity index is 1.44. The molecule has 2 amide bonds. The van der Waals surface area contributed by atoms with E-state index in [1.165, 1.54) is 12.1 Å². The summed E-state index contributed by atoms with van der Waals surface area (Å²) >= 11 is 0. The van der Waals surface area contributed by atoms with E-state index in [9.17, 15) is 19.7 Å². The molecular formula is C23H26N4O5. The standard InChI is InChI=1S/C23H26N4O5/c1-14-21-18(25-26-20(28)13-15-9-11-17(12-10-15)27(30)31)7-4-8-19(21)32-22(14)23(29)24-16-5-2-3-6-16/h9-12,16H,2-8,13H2,1H3,(H,24,29)(H,26,28)/b25-18+. The number of nitro groups is 1. The van der Waals surface area contributed by atoms with Crippen molar-refractivity contribution in [3.05, 3.63) is 62.6 Å². The van der Waals surface area contributed by atoms with Crippen LogP contribution in [0.1, 0.15) is 71.5 Å². The predicted molar refractivity (Wildman–Crippen MR) is 118 cm³/mol. The lowest BCUT2D eigenvalue weighted by atomic mass is 9.93. The van der Waals surface area contributed by atoms with Crippen molar-refractivity contribution in [2.45, 2.75) is 64.3 Å². The molecule has 168 valence electrons. The van der Waals surface area contributed by atoms with Crippen molar-refractivity contribution in [3.63, 3.8) is 0 Å². The molecule has 0 unspecified atom stereocenters. The molecule has 9 nitrogen and oxygen atoms in total. The van der Waals surface area contributed by atoms with Crippen LogP contribution in [-0.4, -0.2) is 28.5 Å². The molecule has 1 fully saturated rings. The molecule has 0 bridgehead atoms. The van der Waals surface area contributed by atoms with Gasteiger partial charge in [0.25, 0.3) is 11.6 Å². The molecule has 0 saturated heterocycles. The Hall–Kier alpha value is -3.49. The first kappa shape index (κ1) is 21.7. The van der Waals surface area contributed by atoms with Crippen LogP contribution in [-0.2, 0) is 17.6 Å². The molecule has 2 aliphatic carbocycles. The van der Waals surface area contributed by atoms with E-state index < -0.39 is 4.92 Å². The van der Waals surface area contributed by atoms with Gasteiger partial charge in [0.1, 0.15) is 5.76 Å².